The van der Waals surface area contributed by atoms with E-state index < -0.39 is 0 Å². The maximum Gasteiger partial charge on any atom is 0.253 e. The minimum Gasteiger partial charge on any atom is -0.396 e. The van der Waals surface area contributed by atoms with Crippen LogP contribution in [0.5, 0.6) is 0 Å². The lowest BCUT2D eigenvalue weighted by Crippen LogP contribution is -2.29. The first-order valence-corrected chi connectivity index (χ1v) is 8.38. The van der Waals surface area contributed by atoms with Crippen LogP contribution in [-0.4, -0.2) is 52.3 Å². The van der Waals surface area contributed by atoms with Crippen LogP contribution in [0, 0.1) is 18.8 Å². The Labute approximate surface area is 146 Å². The minimum atomic E-state index is -0.0758. The Morgan fingerprint density at radius 1 is 1.12 bits per heavy atom. The van der Waals surface area contributed by atoms with Gasteiger partial charge in [-0.25, -0.2) is 4.98 Å². The van der Waals surface area contributed by atoms with Crippen LogP contribution in [-0.2, 0) is 0 Å². The van der Waals surface area contributed by atoms with Crippen LogP contribution >= 0.6 is 0 Å². The Kier molecular flexibility index (Phi) is 5.01. The van der Waals surface area contributed by atoms with E-state index in [-0.39, 0.29) is 31.0 Å². The van der Waals surface area contributed by atoms with Crippen LogP contribution in [0.2, 0.25) is 0 Å². The average molecular weight is 341 g/mol. The van der Waals surface area contributed by atoms with Crippen molar-refractivity contribution in [1.82, 2.24) is 9.88 Å². The van der Waals surface area contributed by atoms with E-state index in [4.69, 9.17) is 5.73 Å². The number of nitrogens with two attached hydrogens (primary N) is 1. The molecule has 1 aromatic heterocycles. The second kappa shape index (κ2) is 7.21. The predicted molar refractivity (Wildman–Crippen MR) is 95.9 cm³/mol. The van der Waals surface area contributed by atoms with Crippen LogP contribution in [0.1, 0.15) is 16.1 Å². The molecule has 2 aromatic rings. The number of amides is 1. The van der Waals surface area contributed by atoms with Gasteiger partial charge >= 0.3 is 0 Å². The molecule has 0 aliphatic carbocycles. The fourth-order valence-corrected chi connectivity index (χ4v) is 3.38. The number of nitrogen functional groups attached to an aromatic ring is 1. The molecule has 2 heterocycles. The van der Waals surface area contributed by atoms with E-state index >= 15 is 0 Å². The van der Waals surface area contributed by atoms with Crippen LogP contribution in [0.25, 0.3) is 11.1 Å². The standard InChI is InChI=1S/C19H23N3O3/c1-12-17(6-7-18(20)21-12)13-2-4-14(5-3-13)19(25)22-8-15(10-23)16(9-22)11-24/h2-7,15-16,23-24H,8-11H2,1H3,(H2,20,21)/t15-,16-/m0/s1. The summed E-state index contributed by atoms with van der Waals surface area (Å²) in [5.74, 6) is 0.292. The summed E-state index contributed by atoms with van der Waals surface area (Å²) in [5, 5.41) is 18.8. The number of pyridine rings is 1. The number of nitrogens with zero attached hydrogens (tertiary/aromatic N) is 2. The highest BCUT2D eigenvalue weighted by molar-refractivity contribution is 5.95. The highest BCUT2D eigenvalue weighted by Crippen LogP contribution is 2.26. The number of anilines is 1. The second-order valence-corrected chi connectivity index (χ2v) is 6.54. The molecular weight excluding hydrogens is 318 g/mol. The van der Waals surface area contributed by atoms with Crippen molar-refractivity contribution in [3.8, 4) is 11.1 Å². The Balaban J connectivity index is 1.77. The largest absolute Gasteiger partial charge is 0.396 e. The van der Waals surface area contributed by atoms with Crippen molar-refractivity contribution in [2.45, 2.75) is 6.92 Å². The third-order valence-corrected chi connectivity index (χ3v) is 4.88. The molecule has 0 spiro atoms. The summed E-state index contributed by atoms with van der Waals surface area (Å²) in [6.07, 6.45) is 0. The molecule has 6 heteroatoms. The average Bonchev–Trinajstić information content (AvgIpc) is 3.05. The number of benzene rings is 1. The minimum absolute atomic E-state index is 0.0165. The van der Waals surface area contributed by atoms with Gasteiger partial charge in [0.15, 0.2) is 0 Å². The summed E-state index contributed by atoms with van der Waals surface area (Å²) in [5.41, 5.74) is 9.09. The van der Waals surface area contributed by atoms with Gasteiger partial charge in [-0.3, -0.25) is 4.79 Å². The molecule has 25 heavy (non-hydrogen) atoms. The Morgan fingerprint density at radius 3 is 2.24 bits per heavy atom. The van der Waals surface area contributed by atoms with E-state index in [1.165, 1.54) is 0 Å². The normalized spacial score (nSPS) is 20.0. The first-order valence-electron chi connectivity index (χ1n) is 8.38. The number of aliphatic hydroxyl groups excluding tert-OH is 2. The molecule has 1 saturated heterocycles. The smallest absolute Gasteiger partial charge is 0.253 e. The molecule has 6 nitrogen and oxygen atoms in total. The zero-order chi connectivity index (χ0) is 18.0. The summed E-state index contributed by atoms with van der Waals surface area (Å²) < 4.78 is 0. The van der Waals surface area contributed by atoms with Crippen molar-refractivity contribution in [3.05, 3.63) is 47.7 Å². The third-order valence-electron chi connectivity index (χ3n) is 4.88. The van der Waals surface area contributed by atoms with Crippen molar-refractivity contribution in [2.75, 3.05) is 32.0 Å². The maximum absolute atomic E-state index is 12.7. The van der Waals surface area contributed by atoms with Gasteiger partial charge in [-0.1, -0.05) is 12.1 Å². The predicted octanol–water partition coefficient (Wildman–Crippen LogP) is 1.31. The summed E-state index contributed by atoms with van der Waals surface area (Å²) >= 11 is 0. The van der Waals surface area contributed by atoms with Crippen LogP contribution in [0.4, 0.5) is 5.82 Å². The molecule has 1 aliphatic heterocycles. The van der Waals surface area contributed by atoms with Gasteiger partial charge in [0.1, 0.15) is 5.82 Å². The van der Waals surface area contributed by atoms with Crippen molar-refractivity contribution >= 4 is 11.7 Å². The summed E-state index contributed by atoms with van der Waals surface area (Å²) in [6.45, 7) is 2.82. The van der Waals surface area contributed by atoms with Crippen molar-refractivity contribution in [3.63, 3.8) is 0 Å². The fourth-order valence-electron chi connectivity index (χ4n) is 3.38. The second-order valence-electron chi connectivity index (χ2n) is 6.54. The zero-order valence-corrected chi connectivity index (χ0v) is 14.2. The lowest BCUT2D eigenvalue weighted by molar-refractivity contribution is 0.0778. The summed E-state index contributed by atoms with van der Waals surface area (Å²) in [7, 11) is 0. The maximum atomic E-state index is 12.7. The molecule has 0 bridgehead atoms. The van der Waals surface area contributed by atoms with Crippen molar-refractivity contribution < 1.29 is 15.0 Å². The summed E-state index contributed by atoms with van der Waals surface area (Å²) in [4.78, 5) is 18.6. The molecule has 0 radical (unpaired) electrons. The Morgan fingerprint density at radius 2 is 1.72 bits per heavy atom. The van der Waals surface area contributed by atoms with E-state index in [0.717, 1.165) is 16.8 Å². The first kappa shape index (κ1) is 17.4. The van der Waals surface area contributed by atoms with E-state index in [1.807, 2.05) is 25.1 Å². The van der Waals surface area contributed by atoms with Crippen LogP contribution < -0.4 is 5.73 Å². The highest BCUT2D eigenvalue weighted by atomic mass is 16.3. The topological polar surface area (TPSA) is 99.7 Å². The van der Waals surface area contributed by atoms with E-state index in [0.29, 0.717) is 24.5 Å². The van der Waals surface area contributed by atoms with E-state index in [9.17, 15) is 15.0 Å². The lowest BCUT2D eigenvalue weighted by Gasteiger charge is -2.16. The molecule has 1 amide bonds. The number of rotatable bonds is 4. The van der Waals surface area contributed by atoms with Gasteiger partial charge in [0.25, 0.3) is 5.91 Å². The molecule has 2 atom stereocenters. The van der Waals surface area contributed by atoms with Gasteiger partial charge in [0.2, 0.25) is 0 Å². The number of carbonyl (C=O) groups excluding carboxylic acids is 1. The fraction of sp³-hybridized carbons (Fsp3) is 0.368. The molecule has 4 N–H and O–H groups in total. The molecule has 1 aromatic carbocycles. The van der Waals surface area contributed by atoms with Crippen molar-refractivity contribution in [1.29, 1.82) is 0 Å². The van der Waals surface area contributed by atoms with Gasteiger partial charge in [0.05, 0.1) is 0 Å². The van der Waals surface area contributed by atoms with E-state index in [1.54, 1.807) is 23.1 Å². The number of likely N-dealkylation sites (tertiary alicyclic amines) is 1. The van der Waals surface area contributed by atoms with Gasteiger partial charge in [-0.05, 0) is 36.8 Å². The van der Waals surface area contributed by atoms with Gasteiger partial charge in [-0.15, -0.1) is 0 Å². The Hall–Kier alpha value is -2.44. The monoisotopic (exact) mass is 341 g/mol. The molecule has 0 unspecified atom stereocenters. The molecule has 1 aliphatic rings. The highest BCUT2D eigenvalue weighted by Gasteiger charge is 2.34. The van der Waals surface area contributed by atoms with E-state index in [2.05, 4.69) is 4.98 Å². The Bertz CT molecular complexity index is 749. The molecular formula is C19H23N3O3. The SMILES string of the molecule is Cc1nc(N)ccc1-c1ccc(C(=O)N2C[C@@H](CO)[C@H](CO)C2)cc1. The van der Waals surface area contributed by atoms with Crippen LogP contribution in [0.3, 0.4) is 0 Å². The van der Waals surface area contributed by atoms with Gasteiger partial charge < -0.3 is 20.8 Å². The molecule has 0 saturated carbocycles. The molecule has 1 fully saturated rings. The third kappa shape index (κ3) is 3.50. The number of hydrogen-bond donors (Lipinski definition) is 3. The van der Waals surface area contributed by atoms with Crippen molar-refractivity contribution in [2.24, 2.45) is 11.8 Å². The van der Waals surface area contributed by atoms with Crippen LogP contribution in [0.15, 0.2) is 36.4 Å². The number of aliphatic hydroxyl groups is 2. The summed E-state index contributed by atoms with van der Waals surface area (Å²) in [6, 6.07) is 11.1. The number of aromatic nitrogens is 1. The quantitative estimate of drug-likeness (QED) is 0.779. The number of hydrogen-bond acceptors (Lipinski definition) is 5. The number of aryl methyl sites for hydroxylation is 1. The first-order chi connectivity index (χ1) is 12.0. The van der Waals surface area contributed by atoms with Gasteiger partial charge in [-0.2, -0.15) is 0 Å². The molecule has 3 rings (SSSR count). The zero-order valence-electron chi connectivity index (χ0n) is 14.2. The molecule has 132 valence electrons. The van der Waals surface area contributed by atoms with Gasteiger partial charge in [0, 0.05) is 55.0 Å². The number of carbonyl (C=O) groups is 1. The lowest BCUT2D eigenvalue weighted by atomic mass is 9.98.